The highest BCUT2D eigenvalue weighted by molar-refractivity contribution is 5.92. The number of amides is 1. The average molecular weight is 371 g/mol. The number of benzene rings is 1. The third-order valence-corrected chi connectivity index (χ3v) is 3.95. The second-order valence-corrected chi connectivity index (χ2v) is 6.61. The largest absolute Gasteiger partial charge is 0.486 e. The number of carbonyl (C=O) groups is 1. The molecule has 1 aliphatic rings. The highest BCUT2D eigenvalue weighted by Crippen LogP contribution is 2.33. The molecule has 0 saturated carbocycles. The van der Waals surface area contributed by atoms with Crippen molar-refractivity contribution < 1.29 is 14.3 Å². The Labute approximate surface area is 158 Å². The Balaban J connectivity index is 1.67. The van der Waals surface area contributed by atoms with Gasteiger partial charge in [-0.1, -0.05) is 0 Å². The number of hydrogen-bond donors (Lipinski definition) is 2. The van der Waals surface area contributed by atoms with E-state index in [4.69, 9.17) is 9.47 Å². The van der Waals surface area contributed by atoms with Gasteiger partial charge in [0.05, 0.1) is 0 Å². The zero-order valence-electron chi connectivity index (χ0n) is 15.9. The van der Waals surface area contributed by atoms with Crippen molar-refractivity contribution >= 4 is 17.5 Å². The lowest BCUT2D eigenvalue weighted by Gasteiger charge is -2.19. The Morgan fingerprint density at radius 2 is 1.93 bits per heavy atom. The molecule has 0 aliphatic carbocycles. The fourth-order valence-electron chi connectivity index (χ4n) is 2.68. The van der Waals surface area contributed by atoms with Crippen molar-refractivity contribution in [2.24, 2.45) is 0 Å². The third-order valence-electron chi connectivity index (χ3n) is 3.95. The van der Waals surface area contributed by atoms with Crippen molar-refractivity contribution in [1.29, 1.82) is 0 Å². The molecule has 2 heterocycles. The molecule has 2 N–H and O–H groups in total. The summed E-state index contributed by atoms with van der Waals surface area (Å²) < 4.78 is 11.1. The first-order valence-electron chi connectivity index (χ1n) is 8.96. The van der Waals surface area contributed by atoms with Crippen LogP contribution in [-0.4, -0.2) is 61.2 Å². The molecular weight excluding hydrogens is 346 g/mol. The Bertz CT molecular complexity index is 810. The Morgan fingerprint density at radius 3 is 2.70 bits per heavy atom. The quantitative estimate of drug-likeness (QED) is 0.720. The summed E-state index contributed by atoms with van der Waals surface area (Å²) in [5.41, 5.74) is 1.82. The van der Waals surface area contributed by atoms with Crippen LogP contribution in [0.3, 0.4) is 0 Å². The molecule has 144 valence electrons. The Hall–Kier alpha value is -2.87. The molecule has 0 spiro atoms. The van der Waals surface area contributed by atoms with Crippen LogP contribution < -0.4 is 20.1 Å². The minimum Gasteiger partial charge on any atom is -0.486 e. The van der Waals surface area contributed by atoms with Crippen molar-refractivity contribution in [3.8, 4) is 11.5 Å². The van der Waals surface area contributed by atoms with Gasteiger partial charge in [-0.05, 0) is 52.2 Å². The van der Waals surface area contributed by atoms with Gasteiger partial charge < -0.3 is 25.0 Å². The summed E-state index contributed by atoms with van der Waals surface area (Å²) in [6.45, 7) is 4.42. The fraction of sp³-hybridized carbons (Fsp3) is 0.421. The second-order valence-electron chi connectivity index (χ2n) is 6.61. The molecular formula is C19H25N5O3. The van der Waals surface area contributed by atoms with Gasteiger partial charge in [0.25, 0.3) is 5.91 Å². The minimum absolute atomic E-state index is 0.204. The van der Waals surface area contributed by atoms with Crippen LogP contribution in [0.2, 0.25) is 0 Å². The fourth-order valence-corrected chi connectivity index (χ4v) is 2.68. The van der Waals surface area contributed by atoms with Gasteiger partial charge in [-0.2, -0.15) is 0 Å². The van der Waals surface area contributed by atoms with E-state index in [1.165, 1.54) is 0 Å². The maximum Gasteiger partial charge on any atom is 0.270 e. The summed E-state index contributed by atoms with van der Waals surface area (Å²) in [4.78, 5) is 23.1. The van der Waals surface area contributed by atoms with E-state index in [-0.39, 0.29) is 5.91 Å². The van der Waals surface area contributed by atoms with Gasteiger partial charge in [0.1, 0.15) is 18.9 Å². The van der Waals surface area contributed by atoms with Gasteiger partial charge in [-0.15, -0.1) is 0 Å². The topological polar surface area (TPSA) is 88.6 Å². The van der Waals surface area contributed by atoms with Gasteiger partial charge in [0.15, 0.2) is 11.5 Å². The summed E-state index contributed by atoms with van der Waals surface area (Å²) in [6, 6.07) is 7.21. The summed E-state index contributed by atoms with van der Waals surface area (Å²) in [5, 5.41) is 6.02. The van der Waals surface area contributed by atoms with Crippen LogP contribution in [0, 0.1) is 6.92 Å². The highest BCUT2D eigenvalue weighted by Gasteiger charge is 2.14. The number of ether oxygens (including phenoxy) is 2. The number of aromatic nitrogens is 2. The summed E-state index contributed by atoms with van der Waals surface area (Å²) in [5.74, 6) is 1.56. The van der Waals surface area contributed by atoms with E-state index in [0.29, 0.717) is 42.8 Å². The van der Waals surface area contributed by atoms with E-state index in [0.717, 1.165) is 24.4 Å². The first-order chi connectivity index (χ1) is 13.0. The average Bonchev–Trinajstić information content (AvgIpc) is 2.64. The van der Waals surface area contributed by atoms with Crippen LogP contribution in [0.5, 0.6) is 11.5 Å². The number of fused-ring (bicyclic) bond motifs is 1. The molecule has 2 aromatic rings. The number of aryl methyl sites for hydroxylation is 1. The van der Waals surface area contributed by atoms with Crippen LogP contribution in [-0.2, 0) is 0 Å². The van der Waals surface area contributed by atoms with Crippen molar-refractivity contribution in [3.63, 3.8) is 0 Å². The number of hydrogen-bond acceptors (Lipinski definition) is 7. The SMILES string of the molecule is Cc1cc(C(=O)NCCCN(C)C)nc(Nc2ccc3c(c2)OCCO3)n1. The van der Waals surface area contributed by atoms with Crippen LogP contribution in [0.1, 0.15) is 22.6 Å². The van der Waals surface area contributed by atoms with Gasteiger partial charge in [0, 0.05) is 24.0 Å². The molecule has 8 nitrogen and oxygen atoms in total. The minimum atomic E-state index is -0.204. The maximum absolute atomic E-state index is 12.4. The van der Waals surface area contributed by atoms with Crippen LogP contribution >= 0.6 is 0 Å². The monoisotopic (exact) mass is 371 g/mol. The molecule has 0 bridgehead atoms. The molecule has 1 aliphatic heterocycles. The van der Waals surface area contributed by atoms with Gasteiger partial charge >= 0.3 is 0 Å². The standard InChI is InChI=1S/C19H25N5O3/c1-13-11-15(18(25)20-7-4-8-24(2)3)23-19(21-13)22-14-5-6-16-17(12-14)27-10-9-26-16/h5-6,11-12H,4,7-10H2,1-3H3,(H,20,25)(H,21,22,23). The first kappa shape index (κ1) is 18.9. The maximum atomic E-state index is 12.4. The first-order valence-corrected chi connectivity index (χ1v) is 8.96. The second kappa shape index (κ2) is 8.68. The molecule has 1 aromatic heterocycles. The lowest BCUT2D eigenvalue weighted by molar-refractivity contribution is 0.0947. The molecule has 27 heavy (non-hydrogen) atoms. The Morgan fingerprint density at radius 1 is 1.15 bits per heavy atom. The molecule has 0 saturated heterocycles. The normalized spacial score (nSPS) is 12.7. The van der Waals surface area contributed by atoms with Gasteiger partial charge in [0.2, 0.25) is 5.95 Å². The smallest absolute Gasteiger partial charge is 0.270 e. The van der Waals surface area contributed by atoms with Crippen LogP contribution in [0.15, 0.2) is 24.3 Å². The lowest BCUT2D eigenvalue weighted by Crippen LogP contribution is -2.28. The van der Waals surface area contributed by atoms with E-state index in [2.05, 4.69) is 25.5 Å². The molecule has 1 aromatic carbocycles. The number of nitrogens with zero attached hydrogens (tertiary/aromatic N) is 3. The molecule has 0 fully saturated rings. The Kier molecular flexibility index (Phi) is 6.08. The van der Waals surface area contributed by atoms with E-state index in [1.807, 2.05) is 39.2 Å². The van der Waals surface area contributed by atoms with Crippen molar-refractivity contribution in [3.05, 3.63) is 35.7 Å². The third kappa shape index (κ3) is 5.30. The molecule has 8 heteroatoms. The van der Waals surface area contributed by atoms with Crippen molar-refractivity contribution in [1.82, 2.24) is 20.2 Å². The molecule has 0 radical (unpaired) electrons. The molecule has 0 atom stereocenters. The molecule has 3 rings (SSSR count). The van der Waals surface area contributed by atoms with Gasteiger partial charge in [-0.3, -0.25) is 4.79 Å². The number of rotatable bonds is 7. The summed E-state index contributed by atoms with van der Waals surface area (Å²) >= 11 is 0. The number of nitrogens with one attached hydrogen (secondary N) is 2. The van der Waals surface area contributed by atoms with E-state index in [9.17, 15) is 4.79 Å². The molecule has 0 unspecified atom stereocenters. The zero-order chi connectivity index (χ0) is 19.2. The van der Waals surface area contributed by atoms with Crippen molar-refractivity contribution in [2.45, 2.75) is 13.3 Å². The number of anilines is 2. The summed E-state index contributed by atoms with van der Waals surface area (Å²) in [6.07, 6.45) is 0.880. The zero-order valence-corrected chi connectivity index (χ0v) is 15.9. The van der Waals surface area contributed by atoms with E-state index < -0.39 is 0 Å². The van der Waals surface area contributed by atoms with Crippen molar-refractivity contribution in [2.75, 3.05) is 45.7 Å². The predicted molar refractivity (Wildman–Crippen MR) is 103 cm³/mol. The van der Waals surface area contributed by atoms with Gasteiger partial charge in [-0.25, -0.2) is 9.97 Å². The lowest BCUT2D eigenvalue weighted by atomic mass is 10.2. The van der Waals surface area contributed by atoms with Crippen LogP contribution in [0.4, 0.5) is 11.6 Å². The van der Waals surface area contributed by atoms with E-state index >= 15 is 0 Å². The molecule has 1 amide bonds. The highest BCUT2D eigenvalue weighted by atomic mass is 16.6. The van der Waals surface area contributed by atoms with E-state index in [1.54, 1.807) is 6.07 Å². The number of carbonyl (C=O) groups excluding carboxylic acids is 1. The van der Waals surface area contributed by atoms with Crippen LogP contribution in [0.25, 0.3) is 0 Å². The summed E-state index contributed by atoms with van der Waals surface area (Å²) in [7, 11) is 4.01. The predicted octanol–water partition coefficient (Wildman–Crippen LogP) is 1.98.